The van der Waals surface area contributed by atoms with Crippen LogP contribution >= 0.6 is 12.4 Å². The molecule has 0 radical (unpaired) electrons. The van der Waals surface area contributed by atoms with Crippen molar-refractivity contribution in [2.75, 3.05) is 19.6 Å². The molecule has 22 heavy (non-hydrogen) atoms. The molecule has 0 aromatic heterocycles. The molecule has 1 saturated carbocycles. The van der Waals surface area contributed by atoms with E-state index in [0.717, 1.165) is 37.4 Å². The van der Waals surface area contributed by atoms with Gasteiger partial charge in [-0.2, -0.15) is 0 Å². The number of likely N-dealkylation sites (tertiary alicyclic amines) is 1. The Morgan fingerprint density at radius 1 is 1.18 bits per heavy atom. The highest BCUT2D eigenvalue weighted by molar-refractivity contribution is 5.85. The Kier molecular flexibility index (Phi) is 6.27. The van der Waals surface area contributed by atoms with Crippen molar-refractivity contribution in [1.29, 1.82) is 0 Å². The maximum Gasteiger partial charge on any atom is 0.229 e. The van der Waals surface area contributed by atoms with Gasteiger partial charge in [0.15, 0.2) is 0 Å². The van der Waals surface area contributed by atoms with Crippen LogP contribution in [0.4, 0.5) is 0 Å². The fourth-order valence-electron chi connectivity index (χ4n) is 3.12. The maximum atomic E-state index is 12.6. The Morgan fingerprint density at radius 3 is 2.41 bits per heavy atom. The van der Waals surface area contributed by atoms with E-state index in [2.05, 4.69) is 5.32 Å². The molecule has 2 aliphatic rings. The van der Waals surface area contributed by atoms with Crippen LogP contribution in [0.15, 0.2) is 30.3 Å². The second kappa shape index (κ2) is 7.98. The summed E-state index contributed by atoms with van der Waals surface area (Å²) in [7, 11) is 0. The van der Waals surface area contributed by atoms with Crippen molar-refractivity contribution < 1.29 is 4.79 Å². The van der Waals surface area contributed by atoms with Gasteiger partial charge in [0.1, 0.15) is 0 Å². The zero-order chi connectivity index (χ0) is 14.7. The average molecular weight is 323 g/mol. The highest BCUT2D eigenvalue weighted by Crippen LogP contribution is 2.28. The number of benzene rings is 1. The monoisotopic (exact) mass is 322 g/mol. The van der Waals surface area contributed by atoms with Crippen molar-refractivity contribution in [2.45, 2.75) is 44.6 Å². The minimum atomic E-state index is -0.0258. The summed E-state index contributed by atoms with van der Waals surface area (Å²) >= 11 is 0. The molecule has 1 aliphatic heterocycles. The van der Waals surface area contributed by atoms with Gasteiger partial charge in [0.2, 0.25) is 5.91 Å². The molecule has 0 spiro atoms. The molecule has 2 fully saturated rings. The Hall–Kier alpha value is -1.06. The summed E-state index contributed by atoms with van der Waals surface area (Å²) in [6.45, 7) is 5.00. The number of carbonyl (C=O) groups excluding carboxylic acids is 1. The number of hydrogen-bond donors (Lipinski definition) is 1. The summed E-state index contributed by atoms with van der Waals surface area (Å²) < 4.78 is 0. The predicted molar refractivity (Wildman–Crippen MR) is 92.4 cm³/mol. The first-order valence-electron chi connectivity index (χ1n) is 8.31. The van der Waals surface area contributed by atoms with E-state index in [1.54, 1.807) is 0 Å². The highest BCUT2D eigenvalue weighted by atomic mass is 35.5. The fraction of sp³-hybridized carbons (Fsp3) is 0.611. The van der Waals surface area contributed by atoms with Gasteiger partial charge in [0.25, 0.3) is 0 Å². The fourth-order valence-corrected chi connectivity index (χ4v) is 3.12. The molecule has 1 heterocycles. The number of piperidine rings is 1. The lowest BCUT2D eigenvalue weighted by molar-refractivity contribution is -0.133. The molecular weight excluding hydrogens is 296 g/mol. The predicted octanol–water partition coefficient (Wildman–Crippen LogP) is 3.20. The summed E-state index contributed by atoms with van der Waals surface area (Å²) in [5.41, 5.74) is 1.12. The molecule has 1 aromatic rings. The van der Waals surface area contributed by atoms with Crippen molar-refractivity contribution in [3.8, 4) is 0 Å². The van der Waals surface area contributed by atoms with Gasteiger partial charge >= 0.3 is 0 Å². The van der Waals surface area contributed by atoms with Crippen molar-refractivity contribution in [3.63, 3.8) is 0 Å². The van der Waals surface area contributed by atoms with Gasteiger partial charge in [-0.1, -0.05) is 30.3 Å². The molecule has 1 aromatic carbocycles. The van der Waals surface area contributed by atoms with E-state index >= 15 is 0 Å². The van der Waals surface area contributed by atoms with Gasteiger partial charge in [0, 0.05) is 19.1 Å². The minimum Gasteiger partial charge on any atom is -0.342 e. The molecule has 122 valence electrons. The second-order valence-corrected chi connectivity index (χ2v) is 6.58. The minimum absolute atomic E-state index is 0. The first kappa shape index (κ1) is 17.3. The van der Waals surface area contributed by atoms with E-state index in [1.165, 1.54) is 19.4 Å². The molecule has 1 unspecified atom stereocenters. The van der Waals surface area contributed by atoms with Crippen LogP contribution in [0, 0.1) is 5.92 Å². The van der Waals surface area contributed by atoms with E-state index in [-0.39, 0.29) is 24.2 Å². The van der Waals surface area contributed by atoms with Crippen LogP contribution in [0.1, 0.15) is 44.1 Å². The molecule has 4 heteroatoms. The molecule has 0 bridgehead atoms. The van der Waals surface area contributed by atoms with Crippen LogP contribution in [0.3, 0.4) is 0 Å². The van der Waals surface area contributed by atoms with Crippen LogP contribution in [0.5, 0.6) is 0 Å². The number of nitrogens with one attached hydrogen (secondary N) is 1. The molecule has 1 atom stereocenters. The molecule has 3 nitrogen and oxygen atoms in total. The van der Waals surface area contributed by atoms with Crippen molar-refractivity contribution >= 4 is 18.3 Å². The van der Waals surface area contributed by atoms with Gasteiger partial charge in [-0.25, -0.2) is 0 Å². The molecule has 1 N–H and O–H groups in total. The molecule has 1 amide bonds. The van der Waals surface area contributed by atoms with Crippen LogP contribution in [-0.2, 0) is 4.79 Å². The zero-order valence-corrected chi connectivity index (χ0v) is 14.1. The Balaban J connectivity index is 0.00000176. The highest BCUT2D eigenvalue weighted by Gasteiger charge is 2.28. The van der Waals surface area contributed by atoms with Crippen LogP contribution < -0.4 is 5.32 Å². The lowest BCUT2D eigenvalue weighted by Gasteiger charge is -2.34. The molecule has 1 saturated heterocycles. The third-order valence-corrected chi connectivity index (χ3v) is 4.87. The average Bonchev–Trinajstić information content (AvgIpc) is 3.37. The third-order valence-electron chi connectivity index (χ3n) is 4.87. The smallest absolute Gasteiger partial charge is 0.229 e. The number of nitrogens with zero attached hydrogens (tertiary/aromatic N) is 1. The van der Waals surface area contributed by atoms with Crippen molar-refractivity contribution in [2.24, 2.45) is 5.92 Å². The molecule has 3 rings (SSSR count). The number of halogens is 1. The van der Waals surface area contributed by atoms with Gasteiger partial charge in [-0.3, -0.25) is 4.79 Å². The lowest BCUT2D eigenvalue weighted by Crippen LogP contribution is -2.46. The summed E-state index contributed by atoms with van der Waals surface area (Å²) in [4.78, 5) is 14.6. The van der Waals surface area contributed by atoms with E-state index in [0.29, 0.717) is 6.04 Å². The SMILES string of the molecule is CC(C(=O)N1CCC(NCC2CC2)CC1)c1ccccc1.Cl. The van der Waals surface area contributed by atoms with Crippen LogP contribution in [0.2, 0.25) is 0 Å². The van der Waals surface area contributed by atoms with Crippen LogP contribution in [-0.4, -0.2) is 36.5 Å². The maximum absolute atomic E-state index is 12.6. The first-order valence-corrected chi connectivity index (χ1v) is 8.31. The summed E-state index contributed by atoms with van der Waals surface area (Å²) in [6.07, 6.45) is 5.00. The summed E-state index contributed by atoms with van der Waals surface area (Å²) in [6, 6.07) is 10.7. The topological polar surface area (TPSA) is 32.3 Å². The standard InChI is InChI=1S/C18H26N2O.ClH/c1-14(16-5-3-2-4-6-16)18(21)20-11-9-17(10-12-20)19-13-15-7-8-15;/h2-6,14-15,17,19H,7-13H2,1H3;1H. The number of hydrogen-bond acceptors (Lipinski definition) is 2. The van der Waals surface area contributed by atoms with E-state index in [9.17, 15) is 4.79 Å². The third kappa shape index (κ3) is 4.47. The number of rotatable bonds is 5. The Labute approximate surface area is 139 Å². The van der Waals surface area contributed by atoms with E-state index < -0.39 is 0 Å². The van der Waals surface area contributed by atoms with Gasteiger partial charge in [-0.15, -0.1) is 12.4 Å². The van der Waals surface area contributed by atoms with E-state index in [1.807, 2.05) is 42.2 Å². The quantitative estimate of drug-likeness (QED) is 0.903. The zero-order valence-electron chi connectivity index (χ0n) is 13.3. The van der Waals surface area contributed by atoms with Gasteiger partial charge < -0.3 is 10.2 Å². The number of amides is 1. The lowest BCUT2D eigenvalue weighted by atomic mass is 9.97. The Morgan fingerprint density at radius 2 is 1.82 bits per heavy atom. The Bertz CT molecular complexity index is 467. The molecule has 1 aliphatic carbocycles. The summed E-state index contributed by atoms with van der Waals surface area (Å²) in [5, 5.41) is 3.67. The van der Waals surface area contributed by atoms with Crippen molar-refractivity contribution in [1.82, 2.24) is 10.2 Å². The van der Waals surface area contributed by atoms with Gasteiger partial charge in [-0.05, 0) is 50.6 Å². The summed E-state index contributed by atoms with van der Waals surface area (Å²) in [5.74, 6) is 1.19. The second-order valence-electron chi connectivity index (χ2n) is 6.58. The normalized spacial score (nSPS) is 20.3. The first-order chi connectivity index (χ1) is 10.2. The molecular formula is C18H27ClN2O. The largest absolute Gasteiger partial charge is 0.342 e. The van der Waals surface area contributed by atoms with Crippen molar-refractivity contribution in [3.05, 3.63) is 35.9 Å². The number of carbonyl (C=O) groups is 1. The van der Waals surface area contributed by atoms with E-state index in [4.69, 9.17) is 0 Å². The van der Waals surface area contributed by atoms with Gasteiger partial charge in [0.05, 0.1) is 5.92 Å². The van der Waals surface area contributed by atoms with Crippen LogP contribution in [0.25, 0.3) is 0 Å².